The number of aryl methyl sites for hydroxylation is 1. The number of hydrogen-bond donors (Lipinski definition) is 0. The smallest absolute Gasteiger partial charge is 0.217 e. The van der Waals surface area contributed by atoms with Gasteiger partial charge in [0.25, 0.3) is 0 Å². The van der Waals surface area contributed by atoms with Crippen molar-refractivity contribution in [2.45, 2.75) is 45.6 Å². The number of fused-ring (bicyclic) bond motifs is 1. The molecule has 0 spiro atoms. The highest BCUT2D eigenvalue weighted by molar-refractivity contribution is 6.03. The first kappa shape index (κ1) is 20.5. The Labute approximate surface area is 169 Å². The number of aromatic nitrogens is 3. The summed E-state index contributed by atoms with van der Waals surface area (Å²) in [6, 6.07) is 6.87. The Bertz CT molecular complexity index is 1110. The molecular formula is C23H24FN3O2. The quantitative estimate of drug-likeness (QED) is 0.437. The highest BCUT2D eigenvalue weighted by Gasteiger charge is 2.38. The molecule has 2 aromatic heterocycles. The van der Waals surface area contributed by atoms with Crippen LogP contribution in [0, 0.1) is 18.2 Å². The van der Waals surface area contributed by atoms with Gasteiger partial charge >= 0.3 is 0 Å². The van der Waals surface area contributed by atoms with Crippen LogP contribution in [-0.4, -0.2) is 27.7 Å². The van der Waals surface area contributed by atoms with E-state index in [1.165, 1.54) is 19.4 Å². The summed E-state index contributed by atoms with van der Waals surface area (Å²) < 4.78 is 21.9. The molecule has 2 heterocycles. The van der Waals surface area contributed by atoms with E-state index >= 15 is 0 Å². The monoisotopic (exact) mass is 393 g/mol. The second-order valence-corrected chi connectivity index (χ2v) is 6.87. The predicted octanol–water partition coefficient (Wildman–Crippen LogP) is 4.53. The van der Waals surface area contributed by atoms with Crippen LogP contribution in [0.4, 0.5) is 4.39 Å². The molecule has 6 heteroatoms. The molecule has 0 fully saturated rings. The lowest BCUT2D eigenvalue weighted by molar-refractivity contribution is -0.119. The minimum atomic E-state index is -0.859. The lowest BCUT2D eigenvalue weighted by Gasteiger charge is -2.29. The average molecular weight is 393 g/mol. The first-order valence-electron chi connectivity index (χ1n) is 9.67. The molecule has 0 N–H and O–H groups in total. The van der Waals surface area contributed by atoms with E-state index in [1.807, 2.05) is 32.9 Å². The van der Waals surface area contributed by atoms with Crippen molar-refractivity contribution in [3.63, 3.8) is 0 Å². The van der Waals surface area contributed by atoms with E-state index in [0.29, 0.717) is 53.0 Å². The number of rotatable bonds is 7. The number of pyridine rings is 1. The number of ketones is 1. The van der Waals surface area contributed by atoms with Crippen molar-refractivity contribution in [1.82, 2.24) is 14.8 Å². The van der Waals surface area contributed by atoms with E-state index in [1.54, 1.807) is 10.7 Å². The number of Topliss-reactive ketones (excluding diaryl/α,β-unsaturated/α-hetero) is 1. The molecule has 0 radical (unpaired) electrons. The zero-order chi connectivity index (χ0) is 21.2. The number of carbonyl (C=O) groups is 1. The maximum atomic E-state index is 14.6. The van der Waals surface area contributed by atoms with Crippen molar-refractivity contribution in [2.24, 2.45) is 0 Å². The molecule has 3 rings (SSSR count). The summed E-state index contributed by atoms with van der Waals surface area (Å²) in [6.07, 6.45) is 8.02. The number of benzene rings is 1. The van der Waals surface area contributed by atoms with Gasteiger partial charge in [-0.25, -0.2) is 9.37 Å². The standard InChI is InChI=1S/C23H24FN3O2/c1-6-21(28)23(7-2,8-3)17-10-11-19(26-22(17)29-5)15-12-18(24)16-14-25-27(9-4)20(16)13-15/h1,10-14H,7-9H2,2-5H3. The summed E-state index contributed by atoms with van der Waals surface area (Å²) in [5.41, 5.74) is 1.64. The van der Waals surface area contributed by atoms with Crippen molar-refractivity contribution in [3.8, 4) is 29.5 Å². The first-order chi connectivity index (χ1) is 13.9. The molecule has 29 heavy (non-hydrogen) atoms. The maximum absolute atomic E-state index is 14.6. The minimum absolute atomic E-state index is 0.297. The molecule has 0 saturated heterocycles. The molecule has 0 saturated carbocycles. The molecule has 0 aliphatic heterocycles. The van der Waals surface area contributed by atoms with Crippen molar-refractivity contribution < 1.29 is 13.9 Å². The fourth-order valence-corrected chi connectivity index (χ4v) is 3.87. The number of methoxy groups -OCH3 is 1. The lowest BCUT2D eigenvalue weighted by Crippen LogP contribution is -2.34. The predicted molar refractivity (Wildman–Crippen MR) is 111 cm³/mol. The second-order valence-electron chi connectivity index (χ2n) is 6.87. The van der Waals surface area contributed by atoms with E-state index < -0.39 is 5.41 Å². The first-order valence-corrected chi connectivity index (χ1v) is 9.67. The van der Waals surface area contributed by atoms with Crippen LogP contribution in [0.25, 0.3) is 22.2 Å². The van der Waals surface area contributed by atoms with Gasteiger partial charge in [0.15, 0.2) is 0 Å². The van der Waals surface area contributed by atoms with Gasteiger partial charge in [-0.3, -0.25) is 9.48 Å². The number of hydrogen-bond acceptors (Lipinski definition) is 4. The van der Waals surface area contributed by atoms with Gasteiger partial charge in [0.05, 0.1) is 35.3 Å². The van der Waals surface area contributed by atoms with Crippen LogP contribution in [0.1, 0.15) is 39.2 Å². The Kier molecular flexibility index (Phi) is 5.69. The molecule has 150 valence electrons. The summed E-state index contributed by atoms with van der Waals surface area (Å²) in [5, 5.41) is 4.68. The fourth-order valence-electron chi connectivity index (χ4n) is 3.87. The molecule has 5 nitrogen and oxygen atoms in total. The van der Waals surface area contributed by atoms with Crippen LogP contribution in [0.5, 0.6) is 5.88 Å². The number of nitrogens with zero attached hydrogens (tertiary/aromatic N) is 3. The summed E-state index contributed by atoms with van der Waals surface area (Å²) in [5.74, 6) is 1.92. The van der Waals surface area contributed by atoms with Gasteiger partial charge in [0.2, 0.25) is 11.7 Å². The van der Waals surface area contributed by atoms with Crippen molar-refractivity contribution in [3.05, 3.63) is 41.8 Å². The van der Waals surface area contributed by atoms with Crippen LogP contribution < -0.4 is 4.74 Å². The zero-order valence-electron chi connectivity index (χ0n) is 17.1. The molecule has 0 aliphatic carbocycles. The maximum Gasteiger partial charge on any atom is 0.217 e. The molecule has 1 aromatic carbocycles. The third-order valence-electron chi connectivity index (χ3n) is 5.65. The van der Waals surface area contributed by atoms with Gasteiger partial charge < -0.3 is 4.74 Å². The van der Waals surface area contributed by atoms with Gasteiger partial charge in [0.1, 0.15) is 5.82 Å². The molecule has 0 unspecified atom stereocenters. The van der Waals surface area contributed by atoms with Crippen LogP contribution in [0.15, 0.2) is 30.5 Å². The van der Waals surface area contributed by atoms with Crippen molar-refractivity contribution in [1.29, 1.82) is 0 Å². The largest absolute Gasteiger partial charge is 0.481 e. The third-order valence-corrected chi connectivity index (χ3v) is 5.65. The Morgan fingerprint density at radius 2 is 2.00 bits per heavy atom. The van der Waals surface area contributed by atoms with Crippen LogP contribution in [-0.2, 0) is 16.8 Å². The highest BCUT2D eigenvalue weighted by Crippen LogP contribution is 2.39. The van der Waals surface area contributed by atoms with Gasteiger partial charge in [-0.05, 0) is 43.9 Å². The van der Waals surface area contributed by atoms with Gasteiger partial charge in [-0.2, -0.15) is 5.10 Å². The minimum Gasteiger partial charge on any atom is -0.481 e. The van der Waals surface area contributed by atoms with Gasteiger partial charge in [-0.1, -0.05) is 19.9 Å². The number of terminal acetylenes is 1. The van der Waals surface area contributed by atoms with Crippen LogP contribution in [0.3, 0.4) is 0 Å². The third kappa shape index (κ3) is 3.27. The zero-order valence-corrected chi connectivity index (χ0v) is 17.1. The number of halogens is 1. The summed E-state index contributed by atoms with van der Waals surface area (Å²) in [6.45, 7) is 6.42. The van der Waals surface area contributed by atoms with Crippen molar-refractivity contribution in [2.75, 3.05) is 7.11 Å². The van der Waals surface area contributed by atoms with E-state index in [4.69, 9.17) is 11.2 Å². The van der Waals surface area contributed by atoms with Crippen LogP contribution >= 0.6 is 0 Å². The average Bonchev–Trinajstić information content (AvgIpc) is 3.18. The summed E-state index contributed by atoms with van der Waals surface area (Å²) >= 11 is 0. The number of ether oxygens (including phenoxy) is 1. The molecule has 0 bridgehead atoms. The summed E-state index contributed by atoms with van der Waals surface area (Å²) in [7, 11) is 1.50. The Morgan fingerprint density at radius 1 is 1.28 bits per heavy atom. The fraction of sp³-hybridized carbons (Fsp3) is 0.348. The molecule has 0 aliphatic rings. The second kappa shape index (κ2) is 8.04. The van der Waals surface area contributed by atoms with Gasteiger partial charge in [-0.15, -0.1) is 6.42 Å². The normalized spacial score (nSPS) is 11.4. The Morgan fingerprint density at radius 3 is 2.59 bits per heavy atom. The lowest BCUT2D eigenvalue weighted by atomic mass is 9.73. The number of carbonyl (C=O) groups excluding carboxylic acids is 1. The van der Waals surface area contributed by atoms with Crippen molar-refractivity contribution >= 4 is 16.7 Å². The van der Waals surface area contributed by atoms with E-state index in [2.05, 4.69) is 16.0 Å². The van der Waals surface area contributed by atoms with E-state index in [-0.39, 0.29) is 11.6 Å². The Balaban J connectivity index is 2.18. The highest BCUT2D eigenvalue weighted by atomic mass is 19.1. The molecule has 3 aromatic rings. The summed E-state index contributed by atoms with van der Waals surface area (Å²) in [4.78, 5) is 17.2. The molecule has 0 amide bonds. The topological polar surface area (TPSA) is 57.0 Å². The van der Waals surface area contributed by atoms with Gasteiger partial charge in [0, 0.05) is 17.7 Å². The molecular weight excluding hydrogens is 369 g/mol. The molecule has 0 atom stereocenters. The van der Waals surface area contributed by atoms with E-state index in [9.17, 15) is 9.18 Å². The van der Waals surface area contributed by atoms with Crippen LogP contribution in [0.2, 0.25) is 0 Å². The van der Waals surface area contributed by atoms with E-state index in [0.717, 1.165) is 0 Å². The Hall–Kier alpha value is -3.20. The SMILES string of the molecule is C#CC(=O)C(CC)(CC)c1ccc(-c2cc(F)c3cnn(CC)c3c2)nc1OC.